The molecule has 2 aromatic rings. The highest BCUT2D eigenvalue weighted by molar-refractivity contribution is 7.84. The zero-order valence-electron chi connectivity index (χ0n) is 31.0. The number of benzene rings is 2. The maximum atomic E-state index is 13.4. The Bertz CT molecular complexity index is 1620. The van der Waals surface area contributed by atoms with Gasteiger partial charge in [0.2, 0.25) is 0 Å². The number of carbonyl (C=O) groups excluding carboxylic acids is 1. The Labute approximate surface area is 312 Å². The molecule has 1 N–H and O–H groups in total. The van der Waals surface area contributed by atoms with Crippen LogP contribution in [0.5, 0.6) is 5.75 Å². The zero-order chi connectivity index (χ0) is 35.8. The Kier molecular flexibility index (Phi) is 11.2. The van der Waals surface area contributed by atoms with Crippen molar-refractivity contribution in [2.24, 2.45) is 11.8 Å². The third-order valence-electron chi connectivity index (χ3n) is 12.4. The fraction of sp³-hybridized carbons (Fsp3) is 0.634. The molecular formula is C41H57ClN4O4S. The van der Waals surface area contributed by atoms with Crippen LogP contribution in [0.25, 0.3) is 0 Å². The van der Waals surface area contributed by atoms with Crippen molar-refractivity contribution in [1.29, 1.82) is 0 Å². The summed E-state index contributed by atoms with van der Waals surface area (Å²) in [5, 5.41) is 0.604. The second-order valence-electron chi connectivity index (χ2n) is 16.0. The van der Waals surface area contributed by atoms with Crippen LogP contribution in [0, 0.1) is 11.8 Å². The zero-order valence-corrected chi connectivity index (χ0v) is 32.6. The number of ether oxygens (including phenoxy) is 2. The van der Waals surface area contributed by atoms with Crippen molar-refractivity contribution in [3.05, 3.63) is 70.3 Å². The number of anilines is 1. The van der Waals surface area contributed by atoms with E-state index in [-0.39, 0.29) is 22.2 Å². The Morgan fingerprint density at radius 2 is 1.94 bits per heavy atom. The number of methoxy groups -OCH3 is 1. The smallest absolute Gasteiger partial charge is 0.263 e. The third kappa shape index (κ3) is 7.80. The summed E-state index contributed by atoms with van der Waals surface area (Å²) >= 11 is 6.51. The molecule has 278 valence electrons. The van der Waals surface area contributed by atoms with Crippen molar-refractivity contribution in [1.82, 2.24) is 14.5 Å². The fourth-order valence-corrected chi connectivity index (χ4v) is 9.94. The quantitative estimate of drug-likeness (QED) is 0.241. The minimum atomic E-state index is -1.46. The number of hydrogen-bond acceptors (Lipinski definition) is 7. The highest BCUT2D eigenvalue weighted by Gasteiger charge is 2.50. The Morgan fingerprint density at radius 3 is 2.63 bits per heavy atom. The summed E-state index contributed by atoms with van der Waals surface area (Å²) in [6, 6.07) is 12.9. The lowest BCUT2D eigenvalue weighted by Gasteiger charge is -2.52. The van der Waals surface area contributed by atoms with Gasteiger partial charge in [-0.2, -0.15) is 0 Å². The molecular weight excluding hydrogens is 680 g/mol. The van der Waals surface area contributed by atoms with Gasteiger partial charge in [-0.25, -0.2) is 4.21 Å². The molecule has 3 unspecified atom stereocenters. The van der Waals surface area contributed by atoms with Crippen LogP contribution >= 0.6 is 11.6 Å². The normalized spacial score (nSPS) is 27.3. The van der Waals surface area contributed by atoms with Gasteiger partial charge in [0.25, 0.3) is 5.91 Å². The van der Waals surface area contributed by atoms with E-state index in [0.717, 1.165) is 107 Å². The number of nitrogens with zero attached hydrogens (tertiary/aromatic N) is 3. The first kappa shape index (κ1) is 36.9. The van der Waals surface area contributed by atoms with E-state index < -0.39 is 11.0 Å². The third-order valence-corrected chi connectivity index (χ3v) is 13.9. The molecule has 7 rings (SSSR count). The maximum Gasteiger partial charge on any atom is 0.263 e. The van der Waals surface area contributed by atoms with E-state index in [0.29, 0.717) is 24.0 Å². The highest BCUT2D eigenvalue weighted by atomic mass is 35.5. The number of nitrogens with one attached hydrogen (secondary N) is 1. The molecule has 3 fully saturated rings. The molecule has 10 heteroatoms. The topological polar surface area (TPSA) is 74.3 Å². The summed E-state index contributed by atoms with van der Waals surface area (Å²) in [7, 11) is 0.453. The lowest BCUT2D eigenvalue weighted by Crippen LogP contribution is -2.59. The Hall–Kier alpha value is -2.43. The van der Waals surface area contributed by atoms with Crippen molar-refractivity contribution in [3.8, 4) is 5.75 Å². The van der Waals surface area contributed by atoms with Crippen LogP contribution in [0.1, 0.15) is 87.2 Å². The first-order valence-corrected chi connectivity index (χ1v) is 20.9. The molecule has 0 bridgehead atoms. The van der Waals surface area contributed by atoms with Gasteiger partial charge in [-0.3, -0.25) is 19.3 Å². The second kappa shape index (κ2) is 15.5. The van der Waals surface area contributed by atoms with Crippen LogP contribution in [0.4, 0.5) is 5.69 Å². The van der Waals surface area contributed by atoms with Crippen molar-refractivity contribution in [3.63, 3.8) is 0 Å². The van der Waals surface area contributed by atoms with E-state index >= 15 is 0 Å². The molecule has 1 saturated heterocycles. The number of amides is 1. The molecule has 3 aliphatic carbocycles. The summed E-state index contributed by atoms with van der Waals surface area (Å²) in [5.41, 5.74) is 3.50. The van der Waals surface area contributed by atoms with E-state index in [2.05, 4.69) is 50.6 Å². The highest BCUT2D eigenvalue weighted by Crippen LogP contribution is 2.49. The molecule has 0 radical (unpaired) electrons. The fourth-order valence-electron chi connectivity index (χ4n) is 9.21. The Morgan fingerprint density at radius 1 is 1.14 bits per heavy atom. The van der Waals surface area contributed by atoms with Crippen LogP contribution in [0.3, 0.4) is 0 Å². The van der Waals surface area contributed by atoms with Gasteiger partial charge in [0, 0.05) is 80.2 Å². The van der Waals surface area contributed by atoms with Crippen LogP contribution in [-0.2, 0) is 27.6 Å². The number of hydrogen-bond donors (Lipinski definition) is 1. The lowest BCUT2D eigenvalue weighted by atomic mass is 9.63. The van der Waals surface area contributed by atoms with Gasteiger partial charge in [0.05, 0.1) is 12.3 Å². The average Bonchev–Trinajstić information content (AvgIpc) is 3.98. The number of carbonyl (C=O) groups is 1. The average molecular weight is 737 g/mol. The number of fused-ring (bicyclic) bond motifs is 3. The van der Waals surface area contributed by atoms with E-state index in [1.165, 1.54) is 24.0 Å². The SMILES string of the molecule is CC/C=C/[C@@](CN1CCN(C2CC2)CC1)(OC)C1CCC1CN1C[C@@]2(CCCc3cc(Cl)ccc32)COc2ccc(C(=O)NS(=O)C(C)C)cc21. The van der Waals surface area contributed by atoms with Crippen molar-refractivity contribution in [2.45, 2.75) is 94.4 Å². The summed E-state index contributed by atoms with van der Waals surface area (Å²) in [6.45, 7) is 13.5. The molecule has 1 amide bonds. The second-order valence-corrected chi connectivity index (χ2v) is 18.2. The van der Waals surface area contributed by atoms with Gasteiger partial charge in [0.1, 0.15) is 22.3 Å². The van der Waals surface area contributed by atoms with Gasteiger partial charge in [-0.1, -0.05) is 36.7 Å². The minimum absolute atomic E-state index is 0.172. The van der Waals surface area contributed by atoms with Crippen molar-refractivity contribution in [2.75, 3.05) is 64.4 Å². The van der Waals surface area contributed by atoms with E-state index in [1.54, 1.807) is 6.07 Å². The van der Waals surface area contributed by atoms with E-state index in [4.69, 9.17) is 21.1 Å². The number of rotatable bonds is 12. The number of aryl methyl sites for hydroxylation is 1. The molecule has 51 heavy (non-hydrogen) atoms. The van der Waals surface area contributed by atoms with Gasteiger partial charge in [0.15, 0.2) is 0 Å². The predicted octanol–water partition coefficient (Wildman–Crippen LogP) is 6.77. The van der Waals surface area contributed by atoms with Gasteiger partial charge >= 0.3 is 0 Å². The summed E-state index contributed by atoms with van der Waals surface area (Å²) in [6.07, 6.45) is 13.8. The van der Waals surface area contributed by atoms with Crippen molar-refractivity contribution < 1.29 is 18.5 Å². The molecule has 0 aromatic heterocycles. The van der Waals surface area contributed by atoms with Crippen LogP contribution in [-0.4, -0.2) is 96.3 Å². The summed E-state index contributed by atoms with van der Waals surface area (Å²) < 4.78 is 28.7. The first-order valence-electron chi connectivity index (χ1n) is 19.3. The number of allylic oxidation sites excluding steroid dienone is 1. The molecule has 2 aromatic carbocycles. The van der Waals surface area contributed by atoms with Gasteiger partial charge in [-0.05, 0) is 119 Å². The van der Waals surface area contributed by atoms with Crippen LogP contribution < -0.4 is 14.4 Å². The molecule has 2 saturated carbocycles. The number of piperazine rings is 1. The molecule has 2 heterocycles. The first-order chi connectivity index (χ1) is 24.6. The van der Waals surface area contributed by atoms with Gasteiger partial charge < -0.3 is 14.4 Å². The summed E-state index contributed by atoms with van der Waals surface area (Å²) in [5.74, 6) is 1.24. The van der Waals surface area contributed by atoms with E-state index in [9.17, 15) is 9.00 Å². The number of halogens is 1. The molecule has 1 spiro atoms. The summed E-state index contributed by atoms with van der Waals surface area (Å²) in [4.78, 5) is 21.2. The lowest BCUT2D eigenvalue weighted by molar-refractivity contribution is -0.0956. The largest absolute Gasteiger partial charge is 0.490 e. The van der Waals surface area contributed by atoms with Crippen LogP contribution in [0.2, 0.25) is 5.02 Å². The molecule has 5 atom stereocenters. The molecule has 8 nitrogen and oxygen atoms in total. The Balaban J connectivity index is 1.20. The molecule has 5 aliphatic rings. The molecule has 2 aliphatic heterocycles. The van der Waals surface area contributed by atoms with Crippen molar-refractivity contribution >= 4 is 34.2 Å². The monoisotopic (exact) mass is 736 g/mol. The predicted molar refractivity (Wildman–Crippen MR) is 207 cm³/mol. The van der Waals surface area contributed by atoms with E-state index in [1.807, 2.05) is 39.2 Å². The van der Waals surface area contributed by atoms with Crippen LogP contribution in [0.15, 0.2) is 48.6 Å². The minimum Gasteiger partial charge on any atom is -0.490 e. The van der Waals surface area contributed by atoms with Gasteiger partial charge in [-0.15, -0.1) is 0 Å². The maximum absolute atomic E-state index is 13.4. The standard InChI is InChI=1S/C41H57ClN4O4S/c1-5-6-18-41(49-4,27-44-19-21-45(22-20-44)34-12-13-34)36-14-9-32(36)25-46-26-40(17-7-8-30-23-33(42)11-15-35(30)40)28-50-38-16-10-31(24-37(38)46)39(47)43-51(48)29(2)3/h6,10-11,15-16,18,23-24,29,32,34,36H,5,7-9,12-14,17,19-22,25-28H2,1-4H3,(H,43,47)/b18-6+/t32?,36?,40-,41-,51?/m0/s1.